The number of carbonyl (C=O) groups is 1. The van der Waals surface area contributed by atoms with Gasteiger partial charge < -0.3 is 10.2 Å². The highest BCUT2D eigenvalue weighted by Gasteiger charge is 2.19. The van der Waals surface area contributed by atoms with Crippen LogP contribution in [0.1, 0.15) is 16.1 Å². The molecule has 1 aliphatic heterocycles. The van der Waals surface area contributed by atoms with Crippen LogP contribution in [0.5, 0.6) is 0 Å². The zero-order valence-corrected chi connectivity index (χ0v) is 9.92. The molecule has 0 unspecified atom stereocenters. The smallest absolute Gasteiger partial charge is 0.272 e. The van der Waals surface area contributed by atoms with E-state index in [1.165, 1.54) is 6.20 Å². The lowest BCUT2D eigenvalue weighted by atomic mass is 10.2. The highest BCUT2D eigenvalue weighted by Crippen LogP contribution is 2.15. The molecule has 5 heteroatoms. The van der Waals surface area contributed by atoms with E-state index in [2.05, 4.69) is 10.3 Å². The Labute approximate surface area is 99.6 Å². The molecule has 0 aliphatic carbocycles. The summed E-state index contributed by atoms with van der Waals surface area (Å²) >= 11 is 5.87. The maximum Gasteiger partial charge on any atom is 0.272 e. The van der Waals surface area contributed by atoms with E-state index in [4.69, 9.17) is 11.6 Å². The van der Waals surface area contributed by atoms with Crippen molar-refractivity contribution < 1.29 is 4.79 Å². The first kappa shape index (κ1) is 11.4. The van der Waals surface area contributed by atoms with E-state index in [9.17, 15) is 4.79 Å². The zero-order chi connectivity index (χ0) is 11.5. The molecule has 1 aliphatic rings. The van der Waals surface area contributed by atoms with Gasteiger partial charge in [0.25, 0.3) is 5.91 Å². The lowest BCUT2D eigenvalue weighted by molar-refractivity contribution is 0.0730. The number of pyridine rings is 1. The minimum absolute atomic E-state index is 0.0127. The fourth-order valence-electron chi connectivity index (χ4n) is 1.69. The molecule has 1 amide bonds. The average Bonchev–Trinajstić information content (AvgIpc) is 2.33. The van der Waals surface area contributed by atoms with Gasteiger partial charge in [0.15, 0.2) is 0 Å². The van der Waals surface area contributed by atoms with Gasteiger partial charge in [0.2, 0.25) is 0 Å². The van der Waals surface area contributed by atoms with Crippen LogP contribution in [0, 0.1) is 6.92 Å². The maximum absolute atomic E-state index is 12.1. The number of aryl methyl sites for hydroxylation is 1. The maximum atomic E-state index is 12.1. The van der Waals surface area contributed by atoms with Crippen molar-refractivity contribution >= 4 is 17.5 Å². The molecule has 1 saturated heterocycles. The van der Waals surface area contributed by atoms with Gasteiger partial charge in [-0.3, -0.25) is 4.79 Å². The second-order valence-electron chi connectivity index (χ2n) is 3.86. The average molecular weight is 240 g/mol. The van der Waals surface area contributed by atoms with Crippen molar-refractivity contribution in [1.29, 1.82) is 0 Å². The van der Waals surface area contributed by atoms with Crippen molar-refractivity contribution in [3.63, 3.8) is 0 Å². The fraction of sp³-hybridized carbons (Fsp3) is 0.455. The number of nitrogens with one attached hydrogen (secondary N) is 1. The van der Waals surface area contributed by atoms with E-state index in [0.29, 0.717) is 10.7 Å². The number of carbonyl (C=O) groups excluding carboxylic acids is 1. The normalized spacial score (nSPS) is 16.2. The van der Waals surface area contributed by atoms with Crippen LogP contribution in [0.15, 0.2) is 12.3 Å². The molecule has 1 N–H and O–H groups in total. The molecule has 0 aromatic carbocycles. The first-order valence-electron chi connectivity index (χ1n) is 5.30. The second-order valence-corrected chi connectivity index (χ2v) is 4.27. The van der Waals surface area contributed by atoms with Gasteiger partial charge in [-0.05, 0) is 18.6 Å². The summed E-state index contributed by atoms with van der Waals surface area (Å²) in [6, 6.07) is 1.74. The summed E-state index contributed by atoms with van der Waals surface area (Å²) in [5.41, 5.74) is 1.36. The topological polar surface area (TPSA) is 45.2 Å². The van der Waals surface area contributed by atoms with Gasteiger partial charge in [0.1, 0.15) is 5.69 Å². The molecule has 2 rings (SSSR count). The lowest BCUT2D eigenvalue weighted by Gasteiger charge is -2.27. The summed E-state index contributed by atoms with van der Waals surface area (Å²) in [6.07, 6.45) is 1.53. The third-order valence-electron chi connectivity index (χ3n) is 2.67. The number of piperazine rings is 1. The molecule has 1 aromatic rings. The van der Waals surface area contributed by atoms with Crippen LogP contribution in [0.4, 0.5) is 0 Å². The molecular formula is C11H14ClN3O. The lowest BCUT2D eigenvalue weighted by Crippen LogP contribution is -2.46. The van der Waals surface area contributed by atoms with Gasteiger partial charge in [-0.15, -0.1) is 0 Å². The summed E-state index contributed by atoms with van der Waals surface area (Å²) in [4.78, 5) is 17.9. The van der Waals surface area contributed by atoms with E-state index in [1.54, 1.807) is 6.07 Å². The van der Waals surface area contributed by atoms with E-state index >= 15 is 0 Å². The predicted octanol–water partition coefficient (Wildman–Crippen LogP) is 1.09. The van der Waals surface area contributed by atoms with Crippen LogP contribution in [0.2, 0.25) is 5.02 Å². The number of halogens is 1. The fourth-order valence-corrected chi connectivity index (χ4v) is 1.79. The Morgan fingerprint density at radius 2 is 2.19 bits per heavy atom. The van der Waals surface area contributed by atoms with Crippen molar-refractivity contribution in [2.24, 2.45) is 0 Å². The summed E-state index contributed by atoms with van der Waals surface area (Å²) in [7, 11) is 0. The van der Waals surface area contributed by atoms with Crippen molar-refractivity contribution in [2.75, 3.05) is 26.2 Å². The number of hydrogen-bond donors (Lipinski definition) is 1. The van der Waals surface area contributed by atoms with Crippen LogP contribution in [-0.4, -0.2) is 42.0 Å². The van der Waals surface area contributed by atoms with Gasteiger partial charge >= 0.3 is 0 Å². The molecule has 4 nitrogen and oxygen atoms in total. The standard InChI is InChI=1S/C11H14ClN3O/c1-8-6-10(14-7-9(8)12)11(16)15-4-2-13-3-5-15/h6-7,13H,2-5H2,1H3. The van der Waals surface area contributed by atoms with Crippen LogP contribution in [0.25, 0.3) is 0 Å². The molecule has 0 spiro atoms. The second kappa shape index (κ2) is 4.80. The zero-order valence-electron chi connectivity index (χ0n) is 9.16. The van der Waals surface area contributed by atoms with Crippen molar-refractivity contribution in [3.8, 4) is 0 Å². The van der Waals surface area contributed by atoms with E-state index < -0.39 is 0 Å². The Kier molecular flexibility index (Phi) is 3.41. The monoisotopic (exact) mass is 239 g/mol. The molecule has 1 fully saturated rings. The number of hydrogen-bond acceptors (Lipinski definition) is 3. The summed E-state index contributed by atoms with van der Waals surface area (Å²) < 4.78 is 0. The Hall–Kier alpha value is -1.13. The number of nitrogens with zero attached hydrogens (tertiary/aromatic N) is 2. The van der Waals surface area contributed by atoms with Crippen molar-refractivity contribution in [1.82, 2.24) is 15.2 Å². The molecule has 1 aromatic heterocycles. The molecule has 0 atom stereocenters. The van der Waals surface area contributed by atoms with E-state index in [0.717, 1.165) is 31.7 Å². The van der Waals surface area contributed by atoms with Crippen molar-refractivity contribution in [2.45, 2.75) is 6.92 Å². The van der Waals surface area contributed by atoms with Crippen molar-refractivity contribution in [3.05, 3.63) is 28.5 Å². The molecule has 0 saturated carbocycles. The van der Waals surface area contributed by atoms with Crippen LogP contribution >= 0.6 is 11.6 Å². The Morgan fingerprint density at radius 3 is 2.81 bits per heavy atom. The van der Waals surface area contributed by atoms with E-state index in [1.807, 2.05) is 11.8 Å². The van der Waals surface area contributed by atoms with Gasteiger partial charge in [-0.2, -0.15) is 0 Å². The summed E-state index contributed by atoms with van der Waals surface area (Å²) in [6.45, 7) is 5.04. The highest BCUT2D eigenvalue weighted by atomic mass is 35.5. The van der Waals surface area contributed by atoms with Gasteiger partial charge in [0, 0.05) is 32.4 Å². The number of aromatic nitrogens is 1. The van der Waals surface area contributed by atoms with Gasteiger partial charge in [0.05, 0.1) is 5.02 Å². The third-order valence-corrected chi connectivity index (χ3v) is 3.07. The number of rotatable bonds is 1. The number of amides is 1. The van der Waals surface area contributed by atoms with Gasteiger partial charge in [-0.1, -0.05) is 11.6 Å². The Morgan fingerprint density at radius 1 is 1.50 bits per heavy atom. The highest BCUT2D eigenvalue weighted by molar-refractivity contribution is 6.31. The minimum Gasteiger partial charge on any atom is -0.335 e. The SMILES string of the molecule is Cc1cc(C(=O)N2CCNCC2)ncc1Cl. The Balaban J connectivity index is 2.16. The molecule has 86 valence electrons. The molecule has 16 heavy (non-hydrogen) atoms. The first-order valence-corrected chi connectivity index (χ1v) is 5.68. The third kappa shape index (κ3) is 2.33. The summed E-state index contributed by atoms with van der Waals surface area (Å²) in [5.74, 6) is -0.0127. The van der Waals surface area contributed by atoms with Gasteiger partial charge in [-0.25, -0.2) is 4.98 Å². The van der Waals surface area contributed by atoms with E-state index in [-0.39, 0.29) is 5.91 Å². The molecule has 0 radical (unpaired) electrons. The molecular weight excluding hydrogens is 226 g/mol. The minimum atomic E-state index is -0.0127. The van der Waals surface area contributed by atoms with Crippen LogP contribution in [0.3, 0.4) is 0 Å². The molecule has 2 heterocycles. The predicted molar refractivity (Wildman–Crippen MR) is 62.8 cm³/mol. The largest absolute Gasteiger partial charge is 0.335 e. The van der Waals surface area contributed by atoms with Crippen LogP contribution in [-0.2, 0) is 0 Å². The first-order chi connectivity index (χ1) is 7.68. The quantitative estimate of drug-likeness (QED) is 0.798. The Bertz CT molecular complexity index is 402. The van der Waals surface area contributed by atoms with Crippen LogP contribution < -0.4 is 5.32 Å². The summed E-state index contributed by atoms with van der Waals surface area (Å²) in [5, 5.41) is 3.80. The molecule has 0 bridgehead atoms.